The molecular weight excluding hydrogens is 552 g/mol. The molecule has 0 bridgehead atoms. The van der Waals surface area contributed by atoms with E-state index in [1.54, 1.807) is 19.2 Å². The molecule has 10 heteroatoms. The van der Waals surface area contributed by atoms with E-state index in [1.807, 2.05) is 24.3 Å². The summed E-state index contributed by atoms with van der Waals surface area (Å²) in [5.74, 6) is 0.432. The van der Waals surface area contributed by atoms with Crippen molar-refractivity contribution < 1.29 is 9.59 Å². The van der Waals surface area contributed by atoms with Crippen molar-refractivity contribution in [2.45, 2.75) is 12.3 Å². The average Bonchev–Trinajstić information content (AvgIpc) is 2.74. The van der Waals surface area contributed by atoms with Crippen LogP contribution in [0.3, 0.4) is 0 Å². The molecule has 7 nitrogen and oxygen atoms in total. The first-order chi connectivity index (χ1) is 14.5. The monoisotopic (exact) mass is 575 g/mol. The number of aliphatic imine (C=N–C) groups is 1. The third-order valence-electron chi connectivity index (χ3n) is 4.73. The minimum Gasteiger partial charge on any atom is -0.356 e. The molecule has 2 amide bonds. The molecule has 0 radical (unpaired) electrons. The number of amides is 2. The van der Waals surface area contributed by atoms with Crippen LogP contribution < -0.4 is 21.3 Å². The van der Waals surface area contributed by atoms with Gasteiger partial charge in [0, 0.05) is 50.3 Å². The van der Waals surface area contributed by atoms with E-state index in [1.165, 1.54) is 6.07 Å². The summed E-state index contributed by atoms with van der Waals surface area (Å²) in [4.78, 5) is 28.3. The van der Waals surface area contributed by atoms with Crippen molar-refractivity contribution in [2.24, 2.45) is 4.99 Å². The van der Waals surface area contributed by atoms with Crippen LogP contribution in [0.15, 0.2) is 47.5 Å². The van der Waals surface area contributed by atoms with Crippen molar-refractivity contribution in [1.82, 2.24) is 16.0 Å². The fraction of sp³-hybridized carbons (Fsp3) is 0.286. The third-order valence-corrected chi connectivity index (χ3v) is 5.47. The van der Waals surface area contributed by atoms with E-state index in [-0.39, 0.29) is 41.7 Å². The Kier molecular flexibility index (Phi) is 9.86. The summed E-state index contributed by atoms with van der Waals surface area (Å²) in [7, 11) is 1.67. The minimum absolute atomic E-state index is 0. The van der Waals surface area contributed by atoms with E-state index in [4.69, 9.17) is 23.2 Å². The second kappa shape index (κ2) is 12.1. The topological polar surface area (TPSA) is 94.6 Å². The molecule has 2 aromatic carbocycles. The number of anilines is 1. The fourth-order valence-electron chi connectivity index (χ4n) is 3.22. The molecule has 1 aliphatic rings. The first kappa shape index (κ1) is 25.2. The minimum atomic E-state index is -0.233. The maximum Gasteiger partial charge on any atom is 0.251 e. The summed E-state index contributed by atoms with van der Waals surface area (Å²) in [6, 6.07) is 12.5. The van der Waals surface area contributed by atoms with Crippen LogP contribution >= 0.6 is 47.2 Å². The largest absolute Gasteiger partial charge is 0.356 e. The Morgan fingerprint density at radius 3 is 2.58 bits per heavy atom. The van der Waals surface area contributed by atoms with Crippen LogP contribution in [0.1, 0.15) is 28.3 Å². The van der Waals surface area contributed by atoms with Crippen molar-refractivity contribution in [1.29, 1.82) is 0 Å². The van der Waals surface area contributed by atoms with Gasteiger partial charge in [0.05, 0.1) is 10.0 Å². The first-order valence-corrected chi connectivity index (χ1v) is 10.3. The molecular formula is C21H24Cl2IN5O2. The molecule has 2 aromatic rings. The zero-order valence-electron chi connectivity index (χ0n) is 16.9. The lowest BCUT2D eigenvalue weighted by molar-refractivity contribution is -0.116. The van der Waals surface area contributed by atoms with Crippen LogP contribution in [-0.2, 0) is 4.79 Å². The number of carbonyl (C=O) groups is 2. The number of halogens is 3. The number of carbonyl (C=O) groups excluding carboxylic acids is 2. The molecule has 1 atom stereocenters. The van der Waals surface area contributed by atoms with E-state index >= 15 is 0 Å². The second-order valence-electron chi connectivity index (χ2n) is 6.80. The highest BCUT2D eigenvalue weighted by atomic mass is 127. The van der Waals surface area contributed by atoms with Gasteiger partial charge in [-0.2, -0.15) is 0 Å². The quantitative estimate of drug-likeness (QED) is 0.183. The van der Waals surface area contributed by atoms with Gasteiger partial charge in [0.1, 0.15) is 0 Å². The van der Waals surface area contributed by atoms with Crippen LogP contribution in [0.5, 0.6) is 0 Å². The molecule has 0 spiro atoms. The van der Waals surface area contributed by atoms with Gasteiger partial charge in [0.2, 0.25) is 5.91 Å². The van der Waals surface area contributed by atoms with Crippen LogP contribution in [0.2, 0.25) is 10.0 Å². The number of nitrogens with zero attached hydrogens (tertiary/aromatic N) is 1. The van der Waals surface area contributed by atoms with E-state index in [0.717, 1.165) is 11.3 Å². The summed E-state index contributed by atoms with van der Waals surface area (Å²) in [6.45, 7) is 1.45. The lowest BCUT2D eigenvalue weighted by Crippen LogP contribution is -2.43. The van der Waals surface area contributed by atoms with E-state index < -0.39 is 0 Å². The number of hydrogen-bond donors (Lipinski definition) is 4. The van der Waals surface area contributed by atoms with Crippen LogP contribution in [-0.4, -0.2) is 44.5 Å². The number of benzene rings is 2. The molecule has 166 valence electrons. The van der Waals surface area contributed by atoms with E-state index in [9.17, 15) is 9.59 Å². The Hall–Kier alpha value is -2.04. The van der Waals surface area contributed by atoms with Crippen LogP contribution in [0.4, 0.5) is 5.69 Å². The highest BCUT2D eigenvalue weighted by Crippen LogP contribution is 2.31. The number of hydrogen-bond acceptors (Lipinski definition) is 3. The molecule has 0 aromatic heterocycles. The summed E-state index contributed by atoms with van der Waals surface area (Å²) in [6.07, 6.45) is 0.417. The standard InChI is InChI=1S/C21H23Cl2N5O2.HI/c1-24-21(26-9-8-25-20(30)13-6-7-16(22)17(23)10-13)27-12-14-11-19(29)28-18-5-3-2-4-15(14)18;/h2-7,10,14H,8-9,11-12H2,1H3,(H,25,30)(H,28,29)(H2,24,26,27);1H. The predicted octanol–water partition coefficient (Wildman–Crippen LogP) is 3.63. The van der Waals surface area contributed by atoms with Crippen molar-refractivity contribution in [3.8, 4) is 0 Å². The SMILES string of the molecule is CN=C(NCCNC(=O)c1ccc(Cl)c(Cl)c1)NCC1CC(=O)Nc2ccccc21.I. The number of para-hydroxylation sites is 1. The Bertz CT molecular complexity index is 971. The molecule has 31 heavy (non-hydrogen) atoms. The van der Waals surface area contributed by atoms with Crippen molar-refractivity contribution in [2.75, 3.05) is 32.0 Å². The second-order valence-corrected chi connectivity index (χ2v) is 7.62. The Labute approximate surface area is 208 Å². The van der Waals surface area contributed by atoms with E-state index in [2.05, 4.69) is 26.3 Å². The van der Waals surface area contributed by atoms with Crippen molar-refractivity contribution in [3.63, 3.8) is 0 Å². The molecule has 1 heterocycles. The molecule has 0 saturated heterocycles. The first-order valence-electron chi connectivity index (χ1n) is 9.54. The lowest BCUT2D eigenvalue weighted by Gasteiger charge is -2.26. The molecule has 0 fully saturated rings. The van der Waals surface area contributed by atoms with Gasteiger partial charge in [-0.15, -0.1) is 24.0 Å². The molecule has 3 rings (SSSR count). The molecule has 1 aliphatic heterocycles. The van der Waals surface area contributed by atoms with Gasteiger partial charge in [0.25, 0.3) is 5.91 Å². The third kappa shape index (κ3) is 6.98. The Morgan fingerprint density at radius 1 is 1.10 bits per heavy atom. The molecule has 4 N–H and O–H groups in total. The normalized spacial score (nSPS) is 15.3. The van der Waals surface area contributed by atoms with Gasteiger partial charge >= 0.3 is 0 Å². The summed E-state index contributed by atoms with van der Waals surface area (Å²) in [5.41, 5.74) is 2.41. The zero-order valence-corrected chi connectivity index (χ0v) is 20.7. The molecule has 1 unspecified atom stereocenters. The van der Waals surface area contributed by atoms with Gasteiger partial charge in [-0.3, -0.25) is 14.6 Å². The number of rotatable bonds is 6. The predicted molar refractivity (Wildman–Crippen MR) is 136 cm³/mol. The van der Waals surface area contributed by atoms with Crippen LogP contribution in [0.25, 0.3) is 0 Å². The lowest BCUT2D eigenvalue weighted by atomic mass is 9.90. The van der Waals surface area contributed by atoms with Gasteiger partial charge < -0.3 is 21.3 Å². The molecule has 0 saturated carbocycles. The number of guanidine groups is 1. The van der Waals surface area contributed by atoms with Gasteiger partial charge in [-0.05, 0) is 29.8 Å². The van der Waals surface area contributed by atoms with Crippen molar-refractivity contribution >= 4 is 70.6 Å². The van der Waals surface area contributed by atoms with Gasteiger partial charge in [-0.25, -0.2) is 0 Å². The zero-order chi connectivity index (χ0) is 21.5. The van der Waals surface area contributed by atoms with Crippen molar-refractivity contribution in [3.05, 3.63) is 63.6 Å². The maximum atomic E-state index is 12.2. The smallest absolute Gasteiger partial charge is 0.251 e. The average molecular weight is 576 g/mol. The highest BCUT2D eigenvalue weighted by Gasteiger charge is 2.24. The fourth-order valence-corrected chi connectivity index (χ4v) is 3.52. The summed E-state index contributed by atoms with van der Waals surface area (Å²) >= 11 is 11.8. The number of nitrogens with one attached hydrogen (secondary N) is 4. The van der Waals surface area contributed by atoms with Gasteiger partial charge in [-0.1, -0.05) is 41.4 Å². The number of fused-ring (bicyclic) bond motifs is 1. The molecule has 0 aliphatic carbocycles. The van der Waals surface area contributed by atoms with Crippen LogP contribution in [0, 0.1) is 0 Å². The Balaban J connectivity index is 0.00000341. The highest BCUT2D eigenvalue weighted by molar-refractivity contribution is 14.0. The Morgan fingerprint density at radius 2 is 1.84 bits per heavy atom. The summed E-state index contributed by atoms with van der Waals surface area (Å²) < 4.78 is 0. The summed E-state index contributed by atoms with van der Waals surface area (Å²) in [5, 5.41) is 12.8. The van der Waals surface area contributed by atoms with Gasteiger partial charge in [0.15, 0.2) is 5.96 Å². The van der Waals surface area contributed by atoms with E-state index in [0.29, 0.717) is 47.6 Å². The maximum absolute atomic E-state index is 12.2.